The van der Waals surface area contributed by atoms with Gasteiger partial charge in [0.05, 0.1) is 17.6 Å². The number of hydrogen-bond acceptors (Lipinski definition) is 3. The maximum Gasteiger partial charge on any atom is 0.109 e. The normalized spacial score (nSPS) is 17.2. The van der Waals surface area contributed by atoms with Gasteiger partial charge in [0.1, 0.15) is 5.82 Å². The van der Waals surface area contributed by atoms with Crippen LogP contribution < -0.4 is 5.32 Å². The molecule has 2 aromatic rings. The van der Waals surface area contributed by atoms with E-state index in [1.54, 1.807) is 0 Å². The Labute approximate surface area is 107 Å². The van der Waals surface area contributed by atoms with Crippen molar-refractivity contribution in [1.82, 2.24) is 25.1 Å². The van der Waals surface area contributed by atoms with Crippen LogP contribution in [0.2, 0.25) is 0 Å². The predicted molar refractivity (Wildman–Crippen MR) is 70.4 cm³/mol. The second-order valence-corrected chi connectivity index (χ2v) is 5.01. The summed E-state index contributed by atoms with van der Waals surface area (Å²) >= 11 is 0. The van der Waals surface area contributed by atoms with Crippen molar-refractivity contribution in [3.05, 3.63) is 23.9 Å². The molecule has 0 saturated carbocycles. The third-order valence-electron chi connectivity index (χ3n) is 3.62. The van der Waals surface area contributed by atoms with E-state index in [-0.39, 0.29) is 0 Å². The molecule has 3 rings (SSSR count). The fraction of sp³-hybridized carbons (Fsp3) is 0.538. The summed E-state index contributed by atoms with van der Waals surface area (Å²) in [5.74, 6) is 1.69. The minimum atomic E-state index is 0.567. The van der Waals surface area contributed by atoms with E-state index in [4.69, 9.17) is 0 Å². The van der Waals surface area contributed by atoms with Crippen molar-refractivity contribution in [2.24, 2.45) is 7.05 Å². The van der Waals surface area contributed by atoms with Gasteiger partial charge in [-0.3, -0.25) is 4.68 Å². The molecule has 0 unspecified atom stereocenters. The number of nitrogens with one attached hydrogen (secondary N) is 2. The van der Waals surface area contributed by atoms with Crippen molar-refractivity contribution in [1.29, 1.82) is 0 Å². The first-order chi connectivity index (χ1) is 8.74. The highest BCUT2D eigenvalue weighted by Crippen LogP contribution is 2.26. The average Bonchev–Trinajstić information content (AvgIpc) is 2.97. The molecule has 2 N–H and O–H groups in total. The van der Waals surface area contributed by atoms with E-state index in [2.05, 4.69) is 20.4 Å². The van der Waals surface area contributed by atoms with Crippen LogP contribution in [0.1, 0.15) is 30.3 Å². The number of piperidine rings is 1. The van der Waals surface area contributed by atoms with Crippen LogP contribution in [0.15, 0.2) is 12.4 Å². The zero-order valence-corrected chi connectivity index (χ0v) is 10.9. The van der Waals surface area contributed by atoms with Gasteiger partial charge >= 0.3 is 0 Å². The molecule has 1 aliphatic rings. The number of H-pyrrole nitrogens is 1. The lowest BCUT2D eigenvalue weighted by Gasteiger charge is -2.20. The van der Waals surface area contributed by atoms with Gasteiger partial charge < -0.3 is 10.3 Å². The standard InChI is InChI=1S/C13H19N5/c1-9-11(8-18(2)17-9)12-7-15-13(16-12)10-3-5-14-6-4-10/h7-8,10,14H,3-6H2,1-2H3,(H,15,16). The number of nitrogens with zero attached hydrogens (tertiary/aromatic N) is 3. The molecule has 0 radical (unpaired) electrons. The molecule has 5 nitrogen and oxygen atoms in total. The van der Waals surface area contributed by atoms with Gasteiger partial charge in [0.2, 0.25) is 0 Å². The highest BCUT2D eigenvalue weighted by Gasteiger charge is 2.19. The van der Waals surface area contributed by atoms with E-state index in [1.807, 2.05) is 31.0 Å². The van der Waals surface area contributed by atoms with Crippen molar-refractivity contribution in [3.8, 4) is 11.3 Å². The van der Waals surface area contributed by atoms with Crippen LogP contribution in [-0.4, -0.2) is 32.8 Å². The van der Waals surface area contributed by atoms with E-state index in [1.165, 1.54) is 12.8 Å². The third kappa shape index (κ3) is 2.06. The van der Waals surface area contributed by atoms with E-state index in [9.17, 15) is 0 Å². The van der Waals surface area contributed by atoms with E-state index < -0.39 is 0 Å². The van der Waals surface area contributed by atoms with Crippen molar-refractivity contribution >= 4 is 0 Å². The predicted octanol–water partition coefficient (Wildman–Crippen LogP) is 1.59. The van der Waals surface area contributed by atoms with Gasteiger partial charge in [0.15, 0.2) is 0 Å². The van der Waals surface area contributed by atoms with E-state index >= 15 is 0 Å². The summed E-state index contributed by atoms with van der Waals surface area (Å²) < 4.78 is 1.84. The molecule has 0 aromatic carbocycles. The lowest BCUT2D eigenvalue weighted by atomic mass is 9.98. The first kappa shape index (κ1) is 11.5. The smallest absolute Gasteiger partial charge is 0.109 e. The topological polar surface area (TPSA) is 58.5 Å². The van der Waals surface area contributed by atoms with Gasteiger partial charge in [-0.15, -0.1) is 0 Å². The minimum Gasteiger partial charge on any atom is -0.342 e. The monoisotopic (exact) mass is 245 g/mol. The Kier molecular flexibility index (Phi) is 2.91. The van der Waals surface area contributed by atoms with Crippen LogP contribution in [-0.2, 0) is 7.05 Å². The van der Waals surface area contributed by atoms with Crippen LogP contribution in [0.5, 0.6) is 0 Å². The third-order valence-corrected chi connectivity index (χ3v) is 3.62. The van der Waals surface area contributed by atoms with Crippen LogP contribution in [0.4, 0.5) is 0 Å². The number of rotatable bonds is 2. The Morgan fingerprint density at radius 1 is 1.33 bits per heavy atom. The SMILES string of the molecule is Cc1nn(C)cc1-c1cnc(C2CCNCC2)[nH]1. The molecule has 0 aliphatic carbocycles. The first-order valence-corrected chi connectivity index (χ1v) is 6.50. The highest BCUT2D eigenvalue weighted by atomic mass is 15.2. The van der Waals surface area contributed by atoms with Crippen LogP contribution in [0.3, 0.4) is 0 Å². The number of aromatic nitrogens is 4. The van der Waals surface area contributed by atoms with Gasteiger partial charge in [-0.1, -0.05) is 0 Å². The molecule has 1 saturated heterocycles. The molecule has 0 atom stereocenters. The molecule has 18 heavy (non-hydrogen) atoms. The molecule has 0 spiro atoms. The summed E-state index contributed by atoms with van der Waals surface area (Å²) in [6.45, 7) is 4.21. The molecule has 0 amide bonds. The average molecular weight is 245 g/mol. The summed E-state index contributed by atoms with van der Waals surface area (Å²) in [5.41, 5.74) is 3.26. The van der Waals surface area contributed by atoms with Gasteiger partial charge in [-0.25, -0.2) is 4.98 Å². The fourth-order valence-corrected chi connectivity index (χ4v) is 2.64. The fourth-order valence-electron chi connectivity index (χ4n) is 2.64. The molecule has 5 heteroatoms. The molecule has 2 aromatic heterocycles. The quantitative estimate of drug-likeness (QED) is 0.844. The zero-order valence-electron chi connectivity index (χ0n) is 10.9. The molecular formula is C13H19N5. The molecule has 0 bridgehead atoms. The second-order valence-electron chi connectivity index (χ2n) is 5.01. The van der Waals surface area contributed by atoms with Gasteiger partial charge in [0, 0.05) is 24.7 Å². The van der Waals surface area contributed by atoms with Crippen molar-refractivity contribution in [3.63, 3.8) is 0 Å². The van der Waals surface area contributed by atoms with Crippen molar-refractivity contribution in [2.45, 2.75) is 25.7 Å². The lowest BCUT2D eigenvalue weighted by Crippen LogP contribution is -2.27. The van der Waals surface area contributed by atoms with Crippen molar-refractivity contribution < 1.29 is 0 Å². The summed E-state index contributed by atoms with van der Waals surface area (Å²) in [6, 6.07) is 0. The molecule has 96 valence electrons. The van der Waals surface area contributed by atoms with Crippen LogP contribution >= 0.6 is 0 Å². The Hall–Kier alpha value is -1.62. The summed E-state index contributed by atoms with van der Waals surface area (Å²) in [7, 11) is 1.95. The Morgan fingerprint density at radius 2 is 2.11 bits per heavy atom. The molecule has 1 fully saturated rings. The first-order valence-electron chi connectivity index (χ1n) is 6.50. The van der Waals surface area contributed by atoms with Gasteiger partial charge in [-0.05, 0) is 32.9 Å². The summed E-state index contributed by atoms with van der Waals surface area (Å²) in [6.07, 6.45) is 6.30. The number of hydrogen-bond donors (Lipinski definition) is 2. The summed E-state index contributed by atoms with van der Waals surface area (Å²) in [4.78, 5) is 8.01. The maximum absolute atomic E-state index is 4.55. The number of imidazole rings is 1. The Balaban J connectivity index is 1.86. The lowest BCUT2D eigenvalue weighted by molar-refractivity contribution is 0.447. The van der Waals surface area contributed by atoms with Crippen molar-refractivity contribution in [2.75, 3.05) is 13.1 Å². The van der Waals surface area contributed by atoms with E-state index in [0.29, 0.717) is 5.92 Å². The van der Waals surface area contributed by atoms with Gasteiger partial charge in [-0.2, -0.15) is 5.10 Å². The molecular weight excluding hydrogens is 226 g/mol. The maximum atomic E-state index is 4.55. The Bertz CT molecular complexity index is 533. The Morgan fingerprint density at radius 3 is 2.78 bits per heavy atom. The molecule has 3 heterocycles. The second kappa shape index (κ2) is 4.57. The van der Waals surface area contributed by atoms with Crippen LogP contribution in [0, 0.1) is 6.92 Å². The van der Waals surface area contributed by atoms with E-state index in [0.717, 1.165) is 35.9 Å². The van der Waals surface area contributed by atoms with Gasteiger partial charge in [0.25, 0.3) is 0 Å². The largest absolute Gasteiger partial charge is 0.342 e. The minimum absolute atomic E-state index is 0.567. The number of aromatic amines is 1. The highest BCUT2D eigenvalue weighted by molar-refractivity contribution is 5.60. The summed E-state index contributed by atoms with van der Waals surface area (Å²) in [5, 5.41) is 7.75. The zero-order chi connectivity index (χ0) is 12.5. The molecule has 1 aliphatic heterocycles. The van der Waals surface area contributed by atoms with Crippen LogP contribution in [0.25, 0.3) is 11.3 Å². The number of aryl methyl sites for hydroxylation is 2.